The molecule has 1 saturated heterocycles. The summed E-state index contributed by atoms with van der Waals surface area (Å²) in [5, 5.41) is 12.7. The van der Waals surface area contributed by atoms with Gasteiger partial charge in [0.05, 0.1) is 0 Å². The number of hydrogen-bond donors (Lipinski definition) is 1. The molecule has 3 aromatic carbocycles. The molecule has 1 aliphatic rings. The Morgan fingerprint density at radius 3 is 1.60 bits per heavy atom. The van der Waals surface area contributed by atoms with E-state index in [1.165, 1.54) is 4.90 Å². The van der Waals surface area contributed by atoms with Crippen LogP contribution >= 0.6 is 7.26 Å². The molecule has 0 spiro atoms. The normalized spacial score (nSPS) is 16.2. The minimum absolute atomic E-state index is 0. The Bertz CT molecular complexity index is 902. The molecule has 0 saturated carbocycles. The predicted molar refractivity (Wildman–Crippen MR) is 118 cm³/mol. The average Bonchev–Trinajstić information content (AvgIpc) is 3.11. The van der Waals surface area contributed by atoms with Crippen molar-refractivity contribution in [1.29, 1.82) is 0 Å². The van der Waals surface area contributed by atoms with Gasteiger partial charge in [-0.3, -0.25) is 9.59 Å². The van der Waals surface area contributed by atoms with Crippen LogP contribution in [0.2, 0.25) is 0 Å². The van der Waals surface area contributed by atoms with Gasteiger partial charge in [0.25, 0.3) is 5.91 Å². The molecule has 1 aliphatic heterocycles. The number of carboxylic acid groups (broad SMARTS) is 1. The largest absolute Gasteiger partial charge is 1.00 e. The summed E-state index contributed by atoms with van der Waals surface area (Å²) >= 11 is 0. The lowest BCUT2D eigenvalue weighted by molar-refractivity contribution is -0.142. The standard InChI is InChI=1S/C24H22NO3P.BrH/c26-23(27)18-25-17-16-22(24(25)28)29(19-10-4-1-5-11-19,20-12-6-2-7-13-20)21-14-8-3-9-15-21;/h1-15,22H,16-18H2;1H. The van der Waals surface area contributed by atoms with Crippen LogP contribution in [0.25, 0.3) is 0 Å². The summed E-state index contributed by atoms with van der Waals surface area (Å²) in [6, 6.07) is 30.7. The first-order valence-electron chi connectivity index (χ1n) is 9.70. The van der Waals surface area contributed by atoms with Crippen LogP contribution in [0.5, 0.6) is 0 Å². The first kappa shape index (κ1) is 22.2. The van der Waals surface area contributed by atoms with E-state index in [1.807, 2.05) is 54.6 Å². The number of carboxylic acids is 1. The fraction of sp³-hybridized carbons (Fsp3) is 0.167. The van der Waals surface area contributed by atoms with E-state index in [1.54, 1.807) is 0 Å². The molecule has 1 atom stereocenters. The first-order chi connectivity index (χ1) is 14.1. The van der Waals surface area contributed by atoms with E-state index in [-0.39, 0.29) is 35.1 Å². The highest BCUT2D eigenvalue weighted by Crippen LogP contribution is 2.62. The van der Waals surface area contributed by atoms with Gasteiger partial charge in [-0.1, -0.05) is 54.6 Å². The van der Waals surface area contributed by atoms with Crippen LogP contribution in [0, 0.1) is 0 Å². The predicted octanol–water partition coefficient (Wildman–Crippen LogP) is -0.330. The van der Waals surface area contributed by atoms with E-state index in [9.17, 15) is 14.7 Å². The molecule has 4 rings (SSSR count). The van der Waals surface area contributed by atoms with Gasteiger partial charge in [-0.25, -0.2) is 0 Å². The van der Waals surface area contributed by atoms with Gasteiger partial charge in [-0.15, -0.1) is 0 Å². The third-order valence-electron chi connectivity index (χ3n) is 5.55. The van der Waals surface area contributed by atoms with E-state index in [0.29, 0.717) is 13.0 Å². The Kier molecular flexibility index (Phi) is 7.06. The lowest BCUT2D eigenvalue weighted by Gasteiger charge is -2.31. The van der Waals surface area contributed by atoms with Crippen molar-refractivity contribution in [1.82, 2.24) is 4.90 Å². The Hall–Kier alpha value is -2.49. The average molecular weight is 484 g/mol. The van der Waals surface area contributed by atoms with Gasteiger partial charge >= 0.3 is 5.97 Å². The van der Waals surface area contributed by atoms with E-state index >= 15 is 0 Å². The summed E-state index contributed by atoms with van der Waals surface area (Å²) in [7, 11) is -2.32. The summed E-state index contributed by atoms with van der Waals surface area (Å²) in [5.41, 5.74) is -0.269. The minimum Gasteiger partial charge on any atom is -1.00 e. The van der Waals surface area contributed by atoms with Gasteiger partial charge in [0.1, 0.15) is 29.7 Å². The molecule has 154 valence electrons. The van der Waals surface area contributed by atoms with Crippen molar-refractivity contribution in [3.05, 3.63) is 91.0 Å². The second-order valence-corrected chi connectivity index (χ2v) is 10.8. The summed E-state index contributed by atoms with van der Waals surface area (Å²) in [6.07, 6.45) is 0.651. The Labute approximate surface area is 187 Å². The summed E-state index contributed by atoms with van der Waals surface area (Å²) in [6.45, 7) is 0.234. The number of nitrogens with zero attached hydrogens (tertiary/aromatic N) is 1. The van der Waals surface area contributed by atoms with E-state index in [2.05, 4.69) is 36.4 Å². The van der Waals surface area contributed by atoms with Crippen LogP contribution in [-0.2, 0) is 9.59 Å². The zero-order chi connectivity index (χ0) is 20.3. The molecule has 0 aromatic heterocycles. The van der Waals surface area contributed by atoms with Gasteiger partial charge in [0.15, 0.2) is 5.66 Å². The number of carbonyl (C=O) groups is 2. The molecular weight excluding hydrogens is 461 g/mol. The summed E-state index contributed by atoms with van der Waals surface area (Å²) in [4.78, 5) is 26.3. The van der Waals surface area contributed by atoms with E-state index in [4.69, 9.17) is 0 Å². The van der Waals surface area contributed by atoms with Crippen LogP contribution in [0.3, 0.4) is 0 Å². The third kappa shape index (κ3) is 3.92. The molecule has 1 amide bonds. The van der Waals surface area contributed by atoms with Crippen LogP contribution in [0.15, 0.2) is 91.0 Å². The topological polar surface area (TPSA) is 57.6 Å². The molecule has 4 nitrogen and oxygen atoms in total. The van der Waals surface area contributed by atoms with Crippen molar-refractivity contribution in [2.24, 2.45) is 0 Å². The lowest BCUT2D eigenvalue weighted by Crippen LogP contribution is -3.00. The molecule has 1 N–H and O–H groups in total. The highest BCUT2D eigenvalue weighted by atomic mass is 79.9. The van der Waals surface area contributed by atoms with Crippen molar-refractivity contribution in [3.63, 3.8) is 0 Å². The van der Waals surface area contributed by atoms with Crippen molar-refractivity contribution < 1.29 is 31.7 Å². The number of benzene rings is 3. The van der Waals surface area contributed by atoms with Crippen LogP contribution in [0.4, 0.5) is 0 Å². The Morgan fingerprint density at radius 2 is 1.23 bits per heavy atom. The zero-order valence-electron chi connectivity index (χ0n) is 16.4. The maximum atomic E-state index is 13.5. The SMILES string of the molecule is O=C(O)CN1CCC([P+](c2ccccc2)(c2ccccc2)c2ccccc2)C1=O.[Br-]. The minimum atomic E-state index is -2.32. The van der Waals surface area contributed by atoms with Crippen molar-refractivity contribution >= 4 is 35.1 Å². The summed E-state index contributed by atoms with van der Waals surface area (Å²) < 4.78 is 0. The molecule has 1 fully saturated rings. The van der Waals surface area contributed by atoms with Crippen LogP contribution in [-0.4, -0.2) is 40.6 Å². The number of likely N-dealkylation sites (tertiary alicyclic amines) is 1. The molecule has 30 heavy (non-hydrogen) atoms. The highest BCUT2D eigenvalue weighted by Gasteiger charge is 2.58. The fourth-order valence-electron chi connectivity index (χ4n) is 4.38. The van der Waals surface area contributed by atoms with Gasteiger partial charge in [0.2, 0.25) is 0 Å². The maximum absolute atomic E-state index is 13.5. The quantitative estimate of drug-likeness (QED) is 0.488. The molecule has 3 aromatic rings. The summed E-state index contributed by atoms with van der Waals surface area (Å²) in [5.74, 6) is -1.03. The number of amides is 1. The van der Waals surface area contributed by atoms with Crippen molar-refractivity contribution in [2.45, 2.75) is 12.1 Å². The van der Waals surface area contributed by atoms with Crippen molar-refractivity contribution in [3.8, 4) is 0 Å². The van der Waals surface area contributed by atoms with E-state index in [0.717, 1.165) is 15.9 Å². The first-order valence-corrected chi connectivity index (χ1v) is 11.6. The van der Waals surface area contributed by atoms with Crippen LogP contribution < -0.4 is 32.9 Å². The Balaban J connectivity index is 0.00000256. The molecule has 6 heteroatoms. The van der Waals surface area contributed by atoms with Gasteiger partial charge in [0, 0.05) is 13.0 Å². The molecule has 1 heterocycles. The molecule has 0 radical (unpaired) electrons. The number of rotatable bonds is 6. The molecule has 0 aliphatic carbocycles. The maximum Gasteiger partial charge on any atom is 0.323 e. The number of halogens is 1. The lowest BCUT2D eigenvalue weighted by atomic mass is 10.3. The second-order valence-electron chi connectivity index (χ2n) is 7.19. The van der Waals surface area contributed by atoms with Crippen molar-refractivity contribution in [2.75, 3.05) is 13.1 Å². The van der Waals surface area contributed by atoms with Gasteiger partial charge in [-0.2, -0.15) is 0 Å². The number of aliphatic carboxylic acids is 1. The smallest absolute Gasteiger partial charge is 0.323 e. The zero-order valence-corrected chi connectivity index (χ0v) is 18.9. The Morgan fingerprint density at radius 1 is 0.833 bits per heavy atom. The number of hydrogen-bond acceptors (Lipinski definition) is 2. The van der Waals surface area contributed by atoms with E-state index < -0.39 is 13.2 Å². The van der Waals surface area contributed by atoms with Crippen LogP contribution in [0.1, 0.15) is 6.42 Å². The highest BCUT2D eigenvalue weighted by molar-refractivity contribution is 7.96. The second kappa shape index (κ2) is 9.55. The molecule has 0 bridgehead atoms. The molecular formula is C24H23BrNO3P. The fourth-order valence-corrected chi connectivity index (χ4v) is 9.28. The van der Waals surface area contributed by atoms with Gasteiger partial charge < -0.3 is 27.0 Å². The monoisotopic (exact) mass is 483 g/mol. The van der Waals surface area contributed by atoms with Gasteiger partial charge in [-0.05, 0) is 36.4 Å². The third-order valence-corrected chi connectivity index (χ3v) is 10.3. The number of carbonyl (C=O) groups excluding carboxylic acids is 1. The molecule has 1 unspecified atom stereocenters.